The second-order valence-electron chi connectivity index (χ2n) is 5.62. The van der Waals surface area contributed by atoms with Gasteiger partial charge in [-0.2, -0.15) is 0 Å². The minimum Gasteiger partial charge on any atom is -0.317 e. The summed E-state index contributed by atoms with van der Waals surface area (Å²) in [5.74, 6) is 1.08. The van der Waals surface area contributed by atoms with Crippen LogP contribution in [0.5, 0.6) is 0 Å². The van der Waals surface area contributed by atoms with E-state index in [1.165, 1.54) is 0 Å². The van der Waals surface area contributed by atoms with Crippen molar-refractivity contribution in [1.82, 2.24) is 4.90 Å². The molecule has 2 amide bonds. The largest absolute Gasteiger partial charge is 0.322 e. The summed E-state index contributed by atoms with van der Waals surface area (Å²) in [4.78, 5) is 19.6. The fourth-order valence-corrected chi connectivity index (χ4v) is 2.78. The molecule has 5 nitrogen and oxygen atoms in total. The second kappa shape index (κ2) is 6.87. The molecule has 0 unspecified atom stereocenters. The molecule has 6 heteroatoms. The van der Waals surface area contributed by atoms with Crippen molar-refractivity contribution in [3.05, 3.63) is 53.2 Å². The van der Waals surface area contributed by atoms with E-state index in [1.807, 2.05) is 48.4 Å². The molecule has 0 atom stereocenters. The SMILES string of the molecule is Cc1ccc(NC(=O)N2CCN(c3cccc[nH+]3)CC2)cc1Cl. The van der Waals surface area contributed by atoms with Gasteiger partial charge in [0.1, 0.15) is 13.1 Å². The summed E-state index contributed by atoms with van der Waals surface area (Å²) in [7, 11) is 0. The molecule has 0 bridgehead atoms. The second-order valence-corrected chi connectivity index (χ2v) is 6.02. The van der Waals surface area contributed by atoms with Gasteiger partial charge in [-0.15, -0.1) is 0 Å². The van der Waals surface area contributed by atoms with Crippen LogP contribution in [0, 0.1) is 6.92 Å². The number of urea groups is 1. The molecule has 0 spiro atoms. The van der Waals surface area contributed by atoms with Gasteiger partial charge in [-0.1, -0.05) is 23.7 Å². The lowest BCUT2D eigenvalue weighted by molar-refractivity contribution is -0.364. The summed E-state index contributed by atoms with van der Waals surface area (Å²) in [6.07, 6.45) is 1.91. The number of carbonyl (C=O) groups is 1. The maximum Gasteiger partial charge on any atom is 0.322 e. The molecule has 1 aliphatic rings. The Morgan fingerprint density at radius 1 is 1.17 bits per heavy atom. The van der Waals surface area contributed by atoms with Crippen molar-refractivity contribution >= 4 is 29.1 Å². The Hall–Kier alpha value is -2.27. The molecular formula is C17H20ClN4O+. The molecule has 2 heterocycles. The number of hydrogen-bond donors (Lipinski definition) is 1. The Morgan fingerprint density at radius 3 is 2.61 bits per heavy atom. The van der Waals surface area contributed by atoms with Crippen molar-refractivity contribution in [3.63, 3.8) is 0 Å². The fourth-order valence-electron chi connectivity index (χ4n) is 2.60. The number of halogens is 1. The van der Waals surface area contributed by atoms with Crippen LogP contribution in [-0.2, 0) is 0 Å². The molecule has 3 rings (SSSR count). The Kier molecular flexibility index (Phi) is 4.67. The number of aryl methyl sites for hydroxylation is 1. The molecule has 2 N–H and O–H groups in total. The van der Waals surface area contributed by atoms with Crippen molar-refractivity contribution in [2.45, 2.75) is 6.92 Å². The summed E-state index contributed by atoms with van der Waals surface area (Å²) in [5, 5.41) is 3.57. The maximum atomic E-state index is 12.4. The molecule has 1 saturated heterocycles. The van der Waals surface area contributed by atoms with Crippen LogP contribution in [0.3, 0.4) is 0 Å². The highest BCUT2D eigenvalue weighted by Gasteiger charge is 2.26. The minimum absolute atomic E-state index is 0.0818. The van der Waals surface area contributed by atoms with Gasteiger partial charge in [-0.25, -0.2) is 9.78 Å². The molecule has 23 heavy (non-hydrogen) atoms. The van der Waals surface area contributed by atoms with Crippen LogP contribution in [-0.4, -0.2) is 37.1 Å². The van der Waals surface area contributed by atoms with Crippen LogP contribution in [0.1, 0.15) is 5.56 Å². The Morgan fingerprint density at radius 2 is 1.96 bits per heavy atom. The van der Waals surface area contributed by atoms with Gasteiger partial charge in [-0.3, -0.25) is 4.90 Å². The van der Waals surface area contributed by atoms with Crippen LogP contribution in [0.25, 0.3) is 0 Å². The van der Waals surface area contributed by atoms with Crippen molar-refractivity contribution < 1.29 is 9.78 Å². The van der Waals surface area contributed by atoms with E-state index >= 15 is 0 Å². The van der Waals surface area contributed by atoms with E-state index in [0.717, 1.165) is 30.2 Å². The lowest BCUT2D eigenvalue weighted by atomic mass is 10.2. The smallest absolute Gasteiger partial charge is 0.317 e. The van der Waals surface area contributed by atoms with E-state index in [9.17, 15) is 4.79 Å². The zero-order valence-electron chi connectivity index (χ0n) is 13.1. The zero-order valence-corrected chi connectivity index (χ0v) is 13.8. The predicted molar refractivity (Wildman–Crippen MR) is 92.0 cm³/mol. The summed E-state index contributed by atoms with van der Waals surface area (Å²) in [6.45, 7) is 4.93. The molecule has 0 radical (unpaired) electrons. The van der Waals surface area contributed by atoms with Crippen molar-refractivity contribution in [2.24, 2.45) is 0 Å². The highest BCUT2D eigenvalue weighted by atomic mass is 35.5. The monoisotopic (exact) mass is 331 g/mol. The van der Waals surface area contributed by atoms with Gasteiger partial charge in [0.2, 0.25) is 0 Å². The standard InChI is InChI=1S/C17H19ClN4O/c1-13-5-6-14(12-15(13)18)20-17(23)22-10-8-21(9-11-22)16-4-2-3-7-19-16/h2-7,12H,8-11H2,1H3,(H,20,23)/p+1. The number of piperazine rings is 1. The molecule has 120 valence electrons. The van der Waals surface area contributed by atoms with Crippen molar-refractivity contribution in [2.75, 3.05) is 36.4 Å². The van der Waals surface area contributed by atoms with Gasteiger partial charge in [0.05, 0.1) is 19.3 Å². The lowest BCUT2D eigenvalue weighted by Crippen LogP contribution is -2.51. The van der Waals surface area contributed by atoms with Gasteiger partial charge in [-0.05, 0) is 30.7 Å². The van der Waals surface area contributed by atoms with Crippen molar-refractivity contribution in [1.29, 1.82) is 0 Å². The first kappa shape index (κ1) is 15.6. The van der Waals surface area contributed by atoms with E-state index in [0.29, 0.717) is 18.1 Å². The van der Waals surface area contributed by atoms with Crippen LogP contribution >= 0.6 is 11.6 Å². The molecule has 0 saturated carbocycles. The first-order valence-electron chi connectivity index (χ1n) is 7.67. The average molecular weight is 332 g/mol. The van der Waals surface area contributed by atoms with E-state index in [-0.39, 0.29) is 6.03 Å². The van der Waals surface area contributed by atoms with E-state index in [1.54, 1.807) is 6.07 Å². The molecule has 1 aromatic heterocycles. The van der Waals surface area contributed by atoms with Crippen LogP contribution in [0.4, 0.5) is 16.3 Å². The summed E-state index contributed by atoms with van der Waals surface area (Å²) in [6, 6.07) is 11.5. The number of anilines is 2. The van der Waals surface area contributed by atoms with Gasteiger partial charge in [0.25, 0.3) is 5.82 Å². The number of hydrogen-bond acceptors (Lipinski definition) is 2. The Labute approximate surface area is 140 Å². The average Bonchev–Trinajstić information content (AvgIpc) is 2.59. The zero-order chi connectivity index (χ0) is 16.2. The van der Waals surface area contributed by atoms with E-state index < -0.39 is 0 Å². The molecule has 2 aromatic rings. The van der Waals surface area contributed by atoms with Gasteiger partial charge in [0.15, 0.2) is 0 Å². The topological polar surface area (TPSA) is 49.7 Å². The number of nitrogens with one attached hydrogen (secondary N) is 2. The number of carbonyl (C=O) groups excluding carboxylic acids is 1. The number of benzene rings is 1. The fraction of sp³-hybridized carbons (Fsp3) is 0.294. The molecular weight excluding hydrogens is 312 g/mol. The third-order valence-electron chi connectivity index (χ3n) is 4.02. The Bertz CT molecular complexity index is 684. The number of pyridine rings is 1. The first-order chi connectivity index (χ1) is 11.1. The molecule has 1 aromatic carbocycles. The quantitative estimate of drug-likeness (QED) is 0.920. The number of H-pyrrole nitrogens is 1. The van der Waals surface area contributed by atoms with Gasteiger partial charge in [0, 0.05) is 16.8 Å². The van der Waals surface area contributed by atoms with E-state index in [2.05, 4.69) is 15.2 Å². The van der Waals surface area contributed by atoms with E-state index in [4.69, 9.17) is 11.6 Å². The third kappa shape index (κ3) is 3.74. The first-order valence-corrected chi connectivity index (χ1v) is 8.05. The van der Waals surface area contributed by atoms with Crippen molar-refractivity contribution in [3.8, 4) is 0 Å². The highest BCUT2D eigenvalue weighted by molar-refractivity contribution is 6.31. The maximum absolute atomic E-state index is 12.4. The van der Waals surface area contributed by atoms with Crippen LogP contribution in [0.15, 0.2) is 42.6 Å². The summed E-state index contributed by atoms with van der Waals surface area (Å²) < 4.78 is 0. The highest BCUT2D eigenvalue weighted by Crippen LogP contribution is 2.20. The lowest BCUT2D eigenvalue weighted by Gasteiger charge is -2.31. The molecule has 1 fully saturated rings. The summed E-state index contributed by atoms with van der Waals surface area (Å²) in [5.41, 5.74) is 1.72. The molecule has 0 aliphatic carbocycles. The number of aromatic nitrogens is 1. The number of amides is 2. The Balaban J connectivity index is 1.57. The predicted octanol–water partition coefficient (Wildman–Crippen LogP) is 2.82. The number of nitrogens with zero attached hydrogens (tertiary/aromatic N) is 2. The third-order valence-corrected chi connectivity index (χ3v) is 4.43. The summed E-state index contributed by atoms with van der Waals surface area (Å²) >= 11 is 6.09. The van der Waals surface area contributed by atoms with Gasteiger partial charge >= 0.3 is 6.03 Å². The minimum atomic E-state index is -0.0818. The van der Waals surface area contributed by atoms with Gasteiger partial charge < -0.3 is 10.2 Å². The number of aromatic amines is 1. The molecule has 1 aliphatic heterocycles. The number of rotatable bonds is 2. The van der Waals surface area contributed by atoms with Crippen LogP contribution in [0.2, 0.25) is 5.02 Å². The normalized spacial score (nSPS) is 14.7. The van der Waals surface area contributed by atoms with Crippen LogP contribution < -0.4 is 15.2 Å².